The number of halogens is 2. The van der Waals surface area contributed by atoms with Gasteiger partial charge >= 0.3 is 0 Å². The maximum atomic E-state index is 13.5. The van der Waals surface area contributed by atoms with E-state index in [0.29, 0.717) is 12.8 Å². The van der Waals surface area contributed by atoms with Crippen LogP contribution in [-0.4, -0.2) is 25.5 Å². The van der Waals surface area contributed by atoms with Crippen molar-refractivity contribution < 1.29 is 17.2 Å². The van der Waals surface area contributed by atoms with Gasteiger partial charge < -0.3 is 5.73 Å². The summed E-state index contributed by atoms with van der Waals surface area (Å²) < 4.78 is 50.9. The fraction of sp³-hybridized carbons (Fsp3) is 0.538. The van der Waals surface area contributed by atoms with Crippen LogP contribution < -0.4 is 5.73 Å². The van der Waals surface area contributed by atoms with E-state index in [2.05, 4.69) is 0 Å². The van der Waals surface area contributed by atoms with E-state index in [1.54, 1.807) is 0 Å². The van der Waals surface area contributed by atoms with Crippen LogP contribution in [0.15, 0.2) is 18.2 Å². The summed E-state index contributed by atoms with van der Waals surface area (Å²) >= 11 is 0. The zero-order chi connectivity index (χ0) is 14.0. The Morgan fingerprint density at radius 3 is 2.47 bits per heavy atom. The molecule has 0 aromatic heterocycles. The van der Waals surface area contributed by atoms with Crippen LogP contribution in [0.25, 0.3) is 0 Å². The number of sulfone groups is 1. The van der Waals surface area contributed by atoms with E-state index >= 15 is 0 Å². The van der Waals surface area contributed by atoms with Gasteiger partial charge in [0.25, 0.3) is 0 Å². The Morgan fingerprint density at radius 2 is 1.89 bits per heavy atom. The van der Waals surface area contributed by atoms with Crippen molar-refractivity contribution in [1.29, 1.82) is 0 Å². The molecule has 0 amide bonds. The monoisotopic (exact) mass is 289 g/mol. The molecule has 1 aromatic rings. The summed E-state index contributed by atoms with van der Waals surface area (Å²) in [5, 5.41) is -0.694. The standard InChI is InChI=1S/C13H17F2NO2S/c14-10-4-3-5-11(15)9(10)8-12(16)13-6-1-2-7-19(13,17)18/h3-5,12-13H,1-2,6-8,16H2. The summed E-state index contributed by atoms with van der Waals surface area (Å²) in [7, 11) is -3.24. The van der Waals surface area contributed by atoms with Gasteiger partial charge in [-0.3, -0.25) is 0 Å². The highest BCUT2D eigenvalue weighted by Crippen LogP contribution is 2.24. The first-order chi connectivity index (χ1) is 8.92. The van der Waals surface area contributed by atoms with Gasteiger partial charge in [0.2, 0.25) is 0 Å². The molecule has 0 spiro atoms. The summed E-state index contributed by atoms with van der Waals surface area (Å²) in [6.45, 7) is 0. The van der Waals surface area contributed by atoms with Gasteiger partial charge in [0.05, 0.1) is 11.0 Å². The minimum absolute atomic E-state index is 0.0948. The zero-order valence-corrected chi connectivity index (χ0v) is 11.3. The fourth-order valence-electron chi connectivity index (χ4n) is 2.55. The molecule has 0 radical (unpaired) electrons. The maximum Gasteiger partial charge on any atom is 0.154 e. The minimum Gasteiger partial charge on any atom is -0.326 e. The average molecular weight is 289 g/mol. The van der Waals surface area contributed by atoms with Gasteiger partial charge in [0, 0.05) is 11.6 Å². The first kappa shape index (κ1) is 14.4. The van der Waals surface area contributed by atoms with Crippen LogP contribution in [0, 0.1) is 11.6 Å². The molecule has 2 atom stereocenters. The third-order valence-corrected chi connectivity index (χ3v) is 5.97. The van der Waals surface area contributed by atoms with Gasteiger partial charge in [0.15, 0.2) is 9.84 Å². The number of rotatable bonds is 3. The van der Waals surface area contributed by atoms with Crippen molar-refractivity contribution in [2.24, 2.45) is 5.73 Å². The van der Waals surface area contributed by atoms with Crippen LogP contribution in [0.4, 0.5) is 8.78 Å². The smallest absolute Gasteiger partial charge is 0.154 e. The van der Waals surface area contributed by atoms with E-state index in [9.17, 15) is 17.2 Å². The zero-order valence-electron chi connectivity index (χ0n) is 10.5. The molecule has 1 heterocycles. The molecule has 2 N–H and O–H groups in total. The topological polar surface area (TPSA) is 60.2 Å². The lowest BCUT2D eigenvalue weighted by atomic mass is 9.99. The Balaban J connectivity index is 2.19. The van der Waals surface area contributed by atoms with Crippen LogP contribution in [0.5, 0.6) is 0 Å². The molecule has 19 heavy (non-hydrogen) atoms. The van der Waals surface area contributed by atoms with E-state index in [1.165, 1.54) is 6.07 Å². The highest BCUT2D eigenvalue weighted by Gasteiger charge is 2.34. The van der Waals surface area contributed by atoms with Crippen LogP contribution in [0.3, 0.4) is 0 Å². The average Bonchev–Trinajstić information content (AvgIpc) is 2.33. The van der Waals surface area contributed by atoms with Gasteiger partial charge in [-0.25, -0.2) is 17.2 Å². The minimum atomic E-state index is -3.24. The largest absolute Gasteiger partial charge is 0.326 e. The van der Waals surface area contributed by atoms with Crippen LogP contribution in [0.2, 0.25) is 0 Å². The molecular formula is C13H17F2NO2S. The Hall–Kier alpha value is -1.01. The summed E-state index contributed by atoms with van der Waals surface area (Å²) in [5.41, 5.74) is 5.75. The normalized spacial score (nSPS) is 24.1. The SMILES string of the molecule is NC(Cc1c(F)cccc1F)C1CCCCS1(=O)=O. The molecule has 2 rings (SSSR count). The first-order valence-electron chi connectivity index (χ1n) is 6.32. The fourth-order valence-corrected chi connectivity index (χ4v) is 4.62. The molecule has 1 aromatic carbocycles. The first-order valence-corrected chi connectivity index (χ1v) is 8.03. The number of benzene rings is 1. The van der Waals surface area contributed by atoms with E-state index in [0.717, 1.165) is 18.6 Å². The Labute approximate surface area is 111 Å². The number of hydrogen-bond acceptors (Lipinski definition) is 3. The van der Waals surface area contributed by atoms with Crippen molar-refractivity contribution in [2.75, 3.05) is 5.75 Å². The molecule has 1 saturated heterocycles. The molecule has 106 valence electrons. The lowest BCUT2D eigenvalue weighted by Gasteiger charge is -2.27. The molecular weight excluding hydrogens is 272 g/mol. The van der Waals surface area contributed by atoms with Crippen LogP contribution in [0.1, 0.15) is 24.8 Å². The molecule has 3 nitrogen and oxygen atoms in total. The van der Waals surface area contributed by atoms with E-state index in [4.69, 9.17) is 5.73 Å². The number of nitrogens with two attached hydrogens (primary N) is 1. The Morgan fingerprint density at radius 1 is 1.26 bits per heavy atom. The van der Waals surface area contributed by atoms with Gasteiger partial charge in [-0.05, 0) is 31.4 Å². The van der Waals surface area contributed by atoms with E-state index in [1.807, 2.05) is 0 Å². The molecule has 6 heteroatoms. The van der Waals surface area contributed by atoms with Crippen molar-refractivity contribution >= 4 is 9.84 Å². The van der Waals surface area contributed by atoms with Gasteiger partial charge in [0.1, 0.15) is 11.6 Å². The molecule has 0 aliphatic carbocycles. The summed E-state index contributed by atoms with van der Waals surface area (Å²) in [6.07, 6.45) is 1.80. The van der Waals surface area contributed by atoms with Gasteiger partial charge in [-0.15, -0.1) is 0 Å². The summed E-state index contributed by atoms with van der Waals surface area (Å²) in [4.78, 5) is 0. The van der Waals surface area contributed by atoms with Crippen molar-refractivity contribution in [3.63, 3.8) is 0 Å². The summed E-state index contributed by atoms with van der Waals surface area (Å²) in [6, 6.07) is 2.81. The molecule has 1 aliphatic heterocycles. The molecule has 0 saturated carbocycles. The quantitative estimate of drug-likeness (QED) is 0.923. The molecule has 0 bridgehead atoms. The van der Waals surface area contributed by atoms with Crippen LogP contribution >= 0.6 is 0 Å². The third kappa shape index (κ3) is 3.12. The molecule has 1 fully saturated rings. The second-order valence-corrected chi connectivity index (χ2v) is 7.31. The van der Waals surface area contributed by atoms with Gasteiger partial charge in [-0.2, -0.15) is 0 Å². The Bertz CT molecular complexity index is 540. The highest BCUT2D eigenvalue weighted by atomic mass is 32.2. The predicted octanol–water partition coefficient (Wildman–Crippen LogP) is 1.80. The lowest BCUT2D eigenvalue weighted by Crippen LogP contribution is -2.45. The molecule has 2 unspecified atom stereocenters. The highest BCUT2D eigenvalue weighted by molar-refractivity contribution is 7.92. The molecule has 1 aliphatic rings. The van der Waals surface area contributed by atoms with E-state index in [-0.39, 0.29) is 17.7 Å². The van der Waals surface area contributed by atoms with Gasteiger partial charge in [-0.1, -0.05) is 12.5 Å². The predicted molar refractivity (Wildman–Crippen MR) is 69.5 cm³/mol. The van der Waals surface area contributed by atoms with Crippen LogP contribution in [-0.2, 0) is 16.3 Å². The van der Waals surface area contributed by atoms with E-state index < -0.39 is 32.8 Å². The van der Waals surface area contributed by atoms with Crippen molar-refractivity contribution in [2.45, 2.75) is 37.0 Å². The lowest BCUT2D eigenvalue weighted by molar-refractivity contribution is 0.478. The van der Waals surface area contributed by atoms with Crippen molar-refractivity contribution in [3.8, 4) is 0 Å². The number of hydrogen-bond donors (Lipinski definition) is 1. The van der Waals surface area contributed by atoms with Crippen molar-refractivity contribution in [1.82, 2.24) is 0 Å². The Kier molecular flexibility index (Phi) is 4.20. The second-order valence-electron chi connectivity index (χ2n) is 4.97. The second kappa shape index (κ2) is 5.54. The third-order valence-electron chi connectivity index (χ3n) is 3.61. The summed E-state index contributed by atoms with van der Waals surface area (Å²) in [5.74, 6) is -1.24. The maximum absolute atomic E-state index is 13.5. The van der Waals surface area contributed by atoms with Crippen molar-refractivity contribution in [3.05, 3.63) is 35.4 Å².